The van der Waals surface area contributed by atoms with E-state index in [-0.39, 0.29) is 44.5 Å². The normalized spacial score (nSPS) is 15.3. The van der Waals surface area contributed by atoms with E-state index in [0.717, 1.165) is 58.7 Å². The molecule has 0 fully saturated rings. The molecule has 0 saturated carbocycles. The molecule has 59 heavy (non-hydrogen) atoms. The summed E-state index contributed by atoms with van der Waals surface area (Å²) in [7, 11) is 0. The molecule has 0 aliphatic heterocycles. The molecule has 2 atom stereocenters. The molecule has 0 radical (unpaired) electrons. The third-order valence-electron chi connectivity index (χ3n) is 9.40. The molecule has 2 aromatic carbocycles. The van der Waals surface area contributed by atoms with Gasteiger partial charge in [-0.3, -0.25) is 23.5 Å². The number of halogens is 10. The average molecular weight is 871 g/mol. The van der Waals surface area contributed by atoms with E-state index in [2.05, 4.69) is 35.2 Å². The van der Waals surface area contributed by atoms with Crippen LogP contribution in [-0.4, -0.2) is 57.7 Å². The molecule has 0 bridgehead atoms. The Morgan fingerprint density at radius 3 is 2.34 bits per heavy atom. The van der Waals surface area contributed by atoms with Crippen molar-refractivity contribution in [2.75, 3.05) is 11.0 Å². The van der Waals surface area contributed by atoms with E-state index < -0.39 is 108 Å². The molecule has 0 saturated heterocycles. The van der Waals surface area contributed by atoms with Gasteiger partial charge in [-0.15, -0.1) is 0 Å². The number of fused-ring (bicyclic) bond motifs is 2. The van der Waals surface area contributed by atoms with Crippen LogP contribution in [-0.2, 0) is 36.6 Å². The van der Waals surface area contributed by atoms with Crippen LogP contribution in [0.4, 0.5) is 45.3 Å². The van der Waals surface area contributed by atoms with Crippen LogP contribution in [0.5, 0.6) is 0 Å². The van der Waals surface area contributed by atoms with Crippen molar-refractivity contribution < 1.29 is 44.3 Å². The lowest BCUT2D eigenvalue weighted by Crippen LogP contribution is -2.38. The lowest BCUT2D eigenvalue weighted by Gasteiger charge is -2.24. The first-order chi connectivity index (χ1) is 28.0. The minimum Gasteiger partial charge on any atom is -0.344 e. The van der Waals surface area contributed by atoms with Gasteiger partial charge in [0.05, 0.1) is 40.0 Å². The Labute approximate surface area is 335 Å². The second-order valence-electron chi connectivity index (χ2n) is 13.4. The standard InChI is InChI=1S/C36H28ClF9N10O2S/c1-15-5-20-29(32(43)44)51-55(31(20)36(15,45)46)14-26(57)49-23(8-16-6-17(38)9-18(39)7-16)35-50-22(33-47-11-19(40)12-48-33)10-27(58)56(35)24-4-3-21(37)28-30(24)54(13-25(41)42)52-34(28)53-59-2/h3-4,6-7,9-12,15,23,25,32H,5,8,13-14H2,1-2H3,(H,49,57)(H,52,53)/t15-,23?/m0/s1. The molecule has 4 heterocycles. The molecule has 12 nitrogen and oxygen atoms in total. The van der Waals surface area contributed by atoms with Gasteiger partial charge in [-0.1, -0.05) is 30.5 Å². The maximum Gasteiger partial charge on any atom is 0.292 e. The number of amides is 1. The van der Waals surface area contributed by atoms with E-state index >= 15 is 8.78 Å². The van der Waals surface area contributed by atoms with E-state index in [1.807, 2.05) is 0 Å². The largest absolute Gasteiger partial charge is 0.344 e. The van der Waals surface area contributed by atoms with Crippen molar-refractivity contribution in [1.29, 1.82) is 0 Å². The van der Waals surface area contributed by atoms with Gasteiger partial charge in [0, 0.05) is 36.3 Å². The fourth-order valence-electron chi connectivity index (χ4n) is 7.01. The van der Waals surface area contributed by atoms with Gasteiger partial charge in [0.1, 0.15) is 47.6 Å². The third-order valence-corrected chi connectivity index (χ3v) is 10.1. The number of nitrogens with one attached hydrogen (secondary N) is 2. The van der Waals surface area contributed by atoms with Crippen LogP contribution in [0.15, 0.2) is 53.6 Å². The predicted molar refractivity (Wildman–Crippen MR) is 197 cm³/mol. The molecule has 23 heteroatoms. The number of carbonyl (C=O) groups excluding carboxylic acids is 1. The van der Waals surface area contributed by atoms with Gasteiger partial charge in [-0.25, -0.2) is 45.7 Å². The minimum atomic E-state index is -3.66. The number of carbonyl (C=O) groups is 1. The van der Waals surface area contributed by atoms with Gasteiger partial charge >= 0.3 is 0 Å². The summed E-state index contributed by atoms with van der Waals surface area (Å²) in [6.45, 7) is -0.927. The number of anilines is 1. The Morgan fingerprint density at radius 2 is 1.69 bits per heavy atom. The highest BCUT2D eigenvalue weighted by molar-refractivity contribution is 7.99. The Kier molecular flexibility index (Phi) is 11.4. The van der Waals surface area contributed by atoms with Crippen LogP contribution in [0.25, 0.3) is 28.1 Å². The van der Waals surface area contributed by atoms with Crippen molar-refractivity contribution in [3.05, 3.63) is 110 Å². The van der Waals surface area contributed by atoms with Gasteiger partial charge in [-0.05, 0) is 36.2 Å². The molecular formula is C36H28ClF9N10O2S. The van der Waals surface area contributed by atoms with Gasteiger partial charge in [0.2, 0.25) is 5.91 Å². The number of benzene rings is 2. The third kappa shape index (κ3) is 8.06. The van der Waals surface area contributed by atoms with E-state index in [0.29, 0.717) is 10.7 Å². The molecule has 4 aromatic heterocycles. The van der Waals surface area contributed by atoms with Gasteiger partial charge < -0.3 is 10.0 Å². The van der Waals surface area contributed by atoms with E-state index in [9.17, 15) is 40.3 Å². The van der Waals surface area contributed by atoms with Crippen LogP contribution in [0.3, 0.4) is 0 Å². The molecule has 0 spiro atoms. The van der Waals surface area contributed by atoms with E-state index in [4.69, 9.17) is 11.6 Å². The van der Waals surface area contributed by atoms with Gasteiger partial charge in [-0.2, -0.15) is 19.0 Å². The number of hydrogen-bond donors (Lipinski definition) is 2. The van der Waals surface area contributed by atoms with Crippen molar-refractivity contribution in [3.63, 3.8) is 0 Å². The molecular weight excluding hydrogens is 843 g/mol. The summed E-state index contributed by atoms with van der Waals surface area (Å²) in [5.74, 6) is -9.92. The maximum atomic E-state index is 15.4. The van der Waals surface area contributed by atoms with Crippen LogP contribution in [0.2, 0.25) is 5.02 Å². The zero-order chi connectivity index (χ0) is 42.5. The van der Waals surface area contributed by atoms with Crippen molar-refractivity contribution in [2.45, 2.75) is 57.7 Å². The SMILES string of the molecule is CSNc1nn(CC(F)F)c2c(-n3c(C(Cc4cc(F)cc(F)c4)NC(=O)Cn4nc(C(F)F)c5c4C(F)(F)[C@@H](C)C5)nc(-c4ncc(F)cn4)cc3=O)ccc(Cl)c12. The first-order valence-corrected chi connectivity index (χ1v) is 19.0. The molecule has 1 aliphatic carbocycles. The van der Waals surface area contributed by atoms with Crippen LogP contribution in [0.1, 0.15) is 47.7 Å². The summed E-state index contributed by atoms with van der Waals surface area (Å²) < 4.78 is 135. The highest BCUT2D eigenvalue weighted by Crippen LogP contribution is 2.48. The fourth-order valence-corrected chi connectivity index (χ4v) is 7.58. The van der Waals surface area contributed by atoms with Gasteiger partial charge in [0.15, 0.2) is 17.5 Å². The molecule has 310 valence electrons. The zero-order valence-electron chi connectivity index (χ0n) is 30.3. The number of rotatable bonds is 13. The first-order valence-electron chi connectivity index (χ1n) is 17.4. The van der Waals surface area contributed by atoms with Crippen LogP contribution in [0, 0.1) is 23.4 Å². The summed E-state index contributed by atoms with van der Waals surface area (Å²) in [6, 6.07) is 4.18. The lowest BCUT2D eigenvalue weighted by atomic mass is 10.0. The highest BCUT2D eigenvalue weighted by atomic mass is 35.5. The second kappa shape index (κ2) is 16.2. The van der Waals surface area contributed by atoms with Crippen molar-refractivity contribution in [1.82, 2.24) is 44.4 Å². The lowest BCUT2D eigenvalue weighted by molar-refractivity contribution is -0.123. The fraction of sp³-hybridized carbons (Fsp3) is 0.306. The highest BCUT2D eigenvalue weighted by Gasteiger charge is 2.51. The minimum absolute atomic E-state index is 0.0147. The number of nitrogens with zero attached hydrogens (tertiary/aromatic N) is 8. The summed E-state index contributed by atoms with van der Waals surface area (Å²) in [5.41, 5.74) is -3.98. The monoisotopic (exact) mass is 870 g/mol. The van der Waals surface area contributed by atoms with Crippen molar-refractivity contribution >= 4 is 46.2 Å². The summed E-state index contributed by atoms with van der Waals surface area (Å²) in [5, 5.41) is 10.5. The van der Waals surface area contributed by atoms with E-state index in [1.54, 1.807) is 6.26 Å². The van der Waals surface area contributed by atoms with Crippen molar-refractivity contribution in [2.24, 2.45) is 5.92 Å². The van der Waals surface area contributed by atoms with Crippen LogP contribution >= 0.6 is 23.5 Å². The quantitative estimate of drug-likeness (QED) is 0.0889. The molecule has 6 aromatic rings. The Balaban J connectivity index is 1.45. The maximum absolute atomic E-state index is 15.4. The number of hydrogen-bond acceptors (Lipinski definition) is 9. The van der Waals surface area contributed by atoms with Crippen molar-refractivity contribution in [3.8, 4) is 17.2 Å². The van der Waals surface area contributed by atoms with Crippen LogP contribution < -0.4 is 15.6 Å². The predicted octanol–water partition coefficient (Wildman–Crippen LogP) is 7.58. The topological polar surface area (TPSA) is 137 Å². The molecule has 7 rings (SSSR count). The molecule has 2 N–H and O–H groups in total. The molecule has 1 amide bonds. The second-order valence-corrected chi connectivity index (χ2v) is 14.4. The molecule has 1 unspecified atom stereocenters. The van der Waals surface area contributed by atoms with Gasteiger partial charge in [0.25, 0.3) is 24.3 Å². The average Bonchev–Trinajstić information content (AvgIpc) is 3.77. The molecule has 1 aliphatic rings. The van der Waals surface area contributed by atoms with E-state index in [1.165, 1.54) is 12.1 Å². The Bertz CT molecular complexity index is 2620. The summed E-state index contributed by atoms with van der Waals surface area (Å²) in [6.07, 6.45) is -4.11. The Morgan fingerprint density at radius 1 is 1.00 bits per heavy atom. The smallest absolute Gasteiger partial charge is 0.292 e. The number of aromatic nitrogens is 8. The summed E-state index contributed by atoms with van der Waals surface area (Å²) >= 11 is 7.61. The number of alkyl halides is 6. The summed E-state index contributed by atoms with van der Waals surface area (Å²) in [4.78, 5) is 40.6. The first kappa shape index (κ1) is 41.5. The Hall–Kier alpha value is -5.64. The zero-order valence-corrected chi connectivity index (χ0v) is 31.9.